The summed E-state index contributed by atoms with van der Waals surface area (Å²) in [6.07, 6.45) is 1.49. The van der Waals surface area contributed by atoms with Gasteiger partial charge in [0.15, 0.2) is 0 Å². The number of nitro groups is 1. The van der Waals surface area contributed by atoms with Crippen LogP contribution in [-0.4, -0.2) is 65.1 Å². The van der Waals surface area contributed by atoms with Crippen LogP contribution in [0.25, 0.3) is 5.65 Å². The number of hydrogen-bond acceptors (Lipinski definition) is 7. The first-order chi connectivity index (χ1) is 12.0. The van der Waals surface area contributed by atoms with Crippen LogP contribution in [0.3, 0.4) is 0 Å². The van der Waals surface area contributed by atoms with Crippen molar-refractivity contribution in [2.45, 2.75) is 13.0 Å². The number of aromatic nitrogens is 2. The molecule has 1 unspecified atom stereocenters. The number of rotatable bonds is 5. The molecule has 2 aromatic heterocycles. The van der Waals surface area contributed by atoms with Crippen LogP contribution in [-0.2, 0) is 4.74 Å². The Kier molecular flexibility index (Phi) is 4.95. The van der Waals surface area contributed by atoms with Crippen molar-refractivity contribution < 1.29 is 9.66 Å². The van der Waals surface area contributed by atoms with Gasteiger partial charge in [-0.3, -0.25) is 24.2 Å². The van der Waals surface area contributed by atoms with E-state index in [9.17, 15) is 14.9 Å². The number of hydrogen-bond donors (Lipinski definition) is 0. The van der Waals surface area contributed by atoms with Crippen molar-refractivity contribution >= 4 is 17.2 Å². The Morgan fingerprint density at radius 2 is 2.04 bits per heavy atom. The van der Waals surface area contributed by atoms with E-state index < -0.39 is 16.2 Å². The molecule has 0 aromatic carbocycles. The number of nitrogens with zero attached hydrogens (tertiary/aromatic N) is 5. The second-order valence-electron chi connectivity index (χ2n) is 6.10. The molecule has 1 aliphatic rings. The number of piperazine rings is 1. The number of methoxy groups -OCH3 is 1. The Bertz CT molecular complexity index is 829. The van der Waals surface area contributed by atoms with Crippen molar-refractivity contribution in [3.8, 4) is 0 Å². The van der Waals surface area contributed by atoms with Gasteiger partial charge < -0.3 is 9.64 Å². The second-order valence-corrected chi connectivity index (χ2v) is 6.10. The highest BCUT2D eigenvalue weighted by molar-refractivity contribution is 5.61. The molecule has 25 heavy (non-hydrogen) atoms. The van der Waals surface area contributed by atoms with Crippen LogP contribution in [0.5, 0.6) is 0 Å². The van der Waals surface area contributed by atoms with Crippen LogP contribution in [0.4, 0.5) is 11.5 Å². The van der Waals surface area contributed by atoms with Gasteiger partial charge in [0.25, 0.3) is 0 Å². The molecular weight excluding hydrogens is 326 g/mol. The molecule has 9 heteroatoms. The van der Waals surface area contributed by atoms with Gasteiger partial charge in [0.1, 0.15) is 5.65 Å². The fraction of sp³-hybridized carbons (Fsp3) is 0.500. The maximum Gasteiger partial charge on any atom is 0.376 e. The van der Waals surface area contributed by atoms with Gasteiger partial charge in [-0.25, -0.2) is 4.98 Å². The zero-order valence-electron chi connectivity index (χ0n) is 14.3. The Morgan fingerprint density at radius 1 is 1.32 bits per heavy atom. The Balaban J connectivity index is 1.93. The van der Waals surface area contributed by atoms with Crippen molar-refractivity contribution in [1.82, 2.24) is 14.3 Å². The lowest BCUT2D eigenvalue weighted by atomic mass is 10.2. The van der Waals surface area contributed by atoms with Crippen LogP contribution in [0, 0.1) is 10.1 Å². The molecule has 0 radical (unpaired) electrons. The normalized spacial score (nSPS) is 17.0. The molecule has 134 valence electrons. The summed E-state index contributed by atoms with van der Waals surface area (Å²) < 4.78 is 6.39. The maximum absolute atomic E-state index is 12.5. The van der Waals surface area contributed by atoms with E-state index in [0.29, 0.717) is 25.3 Å². The molecule has 0 saturated carbocycles. The third-order valence-electron chi connectivity index (χ3n) is 4.52. The van der Waals surface area contributed by atoms with E-state index in [1.54, 1.807) is 25.3 Å². The van der Waals surface area contributed by atoms with Gasteiger partial charge in [-0.2, -0.15) is 0 Å². The first kappa shape index (κ1) is 17.3. The summed E-state index contributed by atoms with van der Waals surface area (Å²) in [5, 5.41) is 11.5. The third-order valence-corrected chi connectivity index (χ3v) is 4.52. The number of anilines is 1. The van der Waals surface area contributed by atoms with Crippen molar-refractivity contribution in [1.29, 1.82) is 0 Å². The fourth-order valence-corrected chi connectivity index (χ4v) is 3.17. The minimum Gasteiger partial charge on any atom is -0.383 e. The van der Waals surface area contributed by atoms with Gasteiger partial charge in [-0.05, 0) is 19.1 Å². The van der Waals surface area contributed by atoms with Gasteiger partial charge >= 0.3 is 11.2 Å². The van der Waals surface area contributed by atoms with E-state index in [4.69, 9.17) is 4.74 Å². The Morgan fingerprint density at radius 3 is 2.68 bits per heavy atom. The molecule has 3 heterocycles. The molecule has 0 bridgehead atoms. The van der Waals surface area contributed by atoms with Crippen LogP contribution in [0.2, 0.25) is 0 Å². The van der Waals surface area contributed by atoms with E-state index >= 15 is 0 Å². The minimum absolute atomic E-state index is 0.153. The average molecular weight is 347 g/mol. The van der Waals surface area contributed by atoms with Crippen LogP contribution in [0.1, 0.15) is 6.92 Å². The summed E-state index contributed by atoms with van der Waals surface area (Å²) >= 11 is 0. The minimum atomic E-state index is -0.652. The summed E-state index contributed by atoms with van der Waals surface area (Å²) in [6, 6.07) is 5.35. The standard InChI is InChI=1S/C16H21N5O4/c1-12(11-25-2)18-7-9-19(10-8-18)15-14(21(23)24)16(22)20-6-4-3-5-13(20)17-15/h3-6,12H,7-11H2,1-2H3. The summed E-state index contributed by atoms with van der Waals surface area (Å²) in [6.45, 7) is 5.34. The zero-order chi connectivity index (χ0) is 18.0. The molecule has 9 nitrogen and oxygen atoms in total. The summed E-state index contributed by atoms with van der Waals surface area (Å²) in [5.41, 5.74) is -0.717. The summed E-state index contributed by atoms with van der Waals surface area (Å²) in [5.74, 6) is 0.153. The molecule has 3 rings (SSSR count). The lowest BCUT2D eigenvalue weighted by molar-refractivity contribution is -0.385. The fourth-order valence-electron chi connectivity index (χ4n) is 3.17. The average Bonchev–Trinajstić information content (AvgIpc) is 2.61. The van der Waals surface area contributed by atoms with Gasteiger partial charge in [0, 0.05) is 45.5 Å². The van der Waals surface area contributed by atoms with E-state index in [1.807, 2.05) is 4.90 Å². The van der Waals surface area contributed by atoms with Gasteiger partial charge in [0.05, 0.1) is 11.5 Å². The van der Waals surface area contributed by atoms with Crippen LogP contribution < -0.4 is 10.5 Å². The second kappa shape index (κ2) is 7.16. The molecule has 1 aliphatic heterocycles. The highest BCUT2D eigenvalue weighted by atomic mass is 16.6. The lowest BCUT2D eigenvalue weighted by Gasteiger charge is -2.38. The van der Waals surface area contributed by atoms with Gasteiger partial charge in [-0.15, -0.1) is 0 Å². The van der Waals surface area contributed by atoms with E-state index in [1.165, 1.54) is 10.6 Å². The smallest absolute Gasteiger partial charge is 0.376 e. The molecule has 1 fully saturated rings. The van der Waals surface area contributed by atoms with Crippen molar-refractivity contribution in [3.05, 3.63) is 44.9 Å². The Labute approximate surface area is 144 Å². The molecule has 0 spiro atoms. The molecule has 2 aromatic rings. The monoisotopic (exact) mass is 347 g/mol. The Hall–Kier alpha value is -2.52. The van der Waals surface area contributed by atoms with E-state index in [-0.39, 0.29) is 11.9 Å². The summed E-state index contributed by atoms with van der Waals surface area (Å²) in [7, 11) is 1.67. The number of pyridine rings is 1. The molecule has 0 amide bonds. The van der Waals surface area contributed by atoms with E-state index in [0.717, 1.165) is 13.1 Å². The van der Waals surface area contributed by atoms with Gasteiger partial charge in [0.2, 0.25) is 5.82 Å². The van der Waals surface area contributed by atoms with E-state index in [2.05, 4.69) is 16.8 Å². The first-order valence-corrected chi connectivity index (χ1v) is 8.16. The zero-order valence-corrected chi connectivity index (χ0v) is 14.3. The number of fused-ring (bicyclic) bond motifs is 1. The largest absolute Gasteiger partial charge is 0.383 e. The van der Waals surface area contributed by atoms with Crippen molar-refractivity contribution in [2.24, 2.45) is 0 Å². The lowest BCUT2D eigenvalue weighted by Crippen LogP contribution is -2.51. The highest BCUT2D eigenvalue weighted by Crippen LogP contribution is 2.24. The molecular formula is C16H21N5O4. The topological polar surface area (TPSA) is 93.2 Å². The molecule has 1 saturated heterocycles. The SMILES string of the molecule is COCC(C)N1CCN(c2nc3ccccn3c(=O)c2[N+](=O)[O-])CC1. The van der Waals surface area contributed by atoms with Crippen LogP contribution >= 0.6 is 0 Å². The quantitative estimate of drug-likeness (QED) is 0.582. The van der Waals surface area contributed by atoms with Crippen molar-refractivity contribution in [2.75, 3.05) is 44.8 Å². The predicted molar refractivity (Wildman–Crippen MR) is 93.2 cm³/mol. The molecule has 0 N–H and O–H groups in total. The van der Waals surface area contributed by atoms with Crippen LogP contribution in [0.15, 0.2) is 29.2 Å². The number of ether oxygens (including phenoxy) is 1. The predicted octanol–water partition coefficient (Wildman–Crippen LogP) is 0.760. The maximum atomic E-state index is 12.5. The third kappa shape index (κ3) is 3.33. The van der Waals surface area contributed by atoms with Crippen molar-refractivity contribution in [3.63, 3.8) is 0 Å². The first-order valence-electron chi connectivity index (χ1n) is 8.16. The summed E-state index contributed by atoms with van der Waals surface area (Å²) in [4.78, 5) is 31.8. The molecule has 1 atom stereocenters. The van der Waals surface area contributed by atoms with Gasteiger partial charge in [-0.1, -0.05) is 6.07 Å². The highest BCUT2D eigenvalue weighted by Gasteiger charge is 2.30. The molecule has 0 aliphatic carbocycles.